The molecule has 2 unspecified atom stereocenters. The largest absolute Gasteiger partial charge is 0.493 e. The highest BCUT2D eigenvalue weighted by Gasteiger charge is 2.15. The van der Waals surface area contributed by atoms with Crippen molar-refractivity contribution >= 4 is 0 Å². The lowest BCUT2D eigenvalue weighted by Crippen LogP contribution is -2.38. The summed E-state index contributed by atoms with van der Waals surface area (Å²) in [5.74, 6) is 1.86. The summed E-state index contributed by atoms with van der Waals surface area (Å²) in [6, 6.07) is 8.54. The minimum atomic E-state index is 0.127. The summed E-state index contributed by atoms with van der Waals surface area (Å²) >= 11 is 0. The lowest BCUT2D eigenvalue weighted by Gasteiger charge is -2.25. The summed E-state index contributed by atoms with van der Waals surface area (Å²) in [7, 11) is 0. The molecule has 114 valence electrons. The van der Waals surface area contributed by atoms with Crippen LogP contribution in [-0.4, -0.2) is 24.4 Å². The maximum absolute atomic E-state index is 9.38. The van der Waals surface area contributed by atoms with Crippen LogP contribution in [0.25, 0.3) is 0 Å². The minimum absolute atomic E-state index is 0.127. The molecule has 0 bridgehead atoms. The van der Waals surface area contributed by atoms with Crippen LogP contribution in [0.3, 0.4) is 0 Å². The zero-order chi connectivity index (χ0) is 15.1. The van der Waals surface area contributed by atoms with Crippen LogP contribution in [0.15, 0.2) is 24.3 Å². The van der Waals surface area contributed by atoms with Crippen LogP contribution in [0.5, 0.6) is 5.75 Å². The Hall–Kier alpha value is -1.06. The Kier molecular flexibility index (Phi) is 7.03. The lowest BCUT2D eigenvalue weighted by molar-refractivity contribution is 0.201. The monoisotopic (exact) mass is 279 g/mol. The van der Waals surface area contributed by atoms with Crippen molar-refractivity contribution < 1.29 is 9.84 Å². The van der Waals surface area contributed by atoms with Crippen molar-refractivity contribution in [2.75, 3.05) is 13.2 Å². The third-order valence-electron chi connectivity index (χ3n) is 3.43. The van der Waals surface area contributed by atoms with E-state index >= 15 is 0 Å². The van der Waals surface area contributed by atoms with Gasteiger partial charge in [0.1, 0.15) is 5.75 Å². The molecule has 0 saturated heterocycles. The molecule has 20 heavy (non-hydrogen) atoms. The molecule has 0 aromatic heterocycles. The minimum Gasteiger partial charge on any atom is -0.493 e. The van der Waals surface area contributed by atoms with E-state index in [1.54, 1.807) is 0 Å². The molecule has 0 spiro atoms. The molecule has 0 fully saturated rings. The molecule has 3 heteroatoms. The molecule has 1 rings (SSSR count). The Morgan fingerprint density at radius 3 is 2.10 bits per heavy atom. The quantitative estimate of drug-likeness (QED) is 0.766. The van der Waals surface area contributed by atoms with Gasteiger partial charge >= 0.3 is 0 Å². The summed E-state index contributed by atoms with van der Waals surface area (Å²) in [5.41, 5.74) is 1.21. The van der Waals surface area contributed by atoms with Crippen molar-refractivity contribution in [2.24, 2.45) is 11.8 Å². The molecule has 0 aliphatic carbocycles. The maximum atomic E-state index is 9.38. The Bertz CT molecular complexity index is 373. The highest BCUT2D eigenvalue weighted by atomic mass is 16.5. The summed E-state index contributed by atoms with van der Waals surface area (Å²) in [6.07, 6.45) is 0. The number of rotatable bonds is 8. The molecule has 0 aliphatic rings. The number of ether oxygens (including phenoxy) is 1. The molecule has 2 atom stereocenters. The summed E-state index contributed by atoms with van der Waals surface area (Å²) in [5, 5.41) is 12.8. The van der Waals surface area contributed by atoms with Crippen molar-refractivity contribution in [2.45, 2.75) is 46.7 Å². The van der Waals surface area contributed by atoms with Gasteiger partial charge in [-0.05, 0) is 36.5 Å². The topological polar surface area (TPSA) is 41.5 Å². The number of aliphatic hydroxyl groups is 1. The third-order valence-corrected chi connectivity index (χ3v) is 3.43. The van der Waals surface area contributed by atoms with Gasteiger partial charge in [0.25, 0.3) is 0 Å². The molecule has 0 radical (unpaired) electrons. The number of benzene rings is 1. The van der Waals surface area contributed by atoms with Crippen LogP contribution < -0.4 is 10.1 Å². The molecular formula is C17H29NO2. The molecule has 0 heterocycles. The molecule has 3 nitrogen and oxygen atoms in total. The number of hydrogen-bond acceptors (Lipinski definition) is 3. The van der Waals surface area contributed by atoms with Crippen LogP contribution >= 0.6 is 0 Å². The molecule has 1 aromatic rings. The van der Waals surface area contributed by atoms with E-state index in [2.05, 4.69) is 52.1 Å². The molecule has 0 amide bonds. The normalized spacial score (nSPS) is 14.6. The second kappa shape index (κ2) is 8.28. The summed E-state index contributed by atoms with van der Waals surface area (Å²) < 4.78 is 5.68. The number of aliphatic hydroxyl groups excluding tert-OH is 1. The van der Waals surface area contributed by atoms with Crippen LogP contribution in [-0.2, 0) is 0 Å². The molecule has 1 aromatic carbocycles. The highest BCUT2D eigenvalue weighted by Crippen LogP contribution is 2.19. The molecule has 2 N–H and O–H groups in total. The third kappa shape index (κ3) is 5.51. The Morgan fingerprint density at radius 2 is 1.65 bits per heavy atom. The molecule has 0 saturated carbocycles. The van der Waals surface area contributed by atoms with Gasteiger partial charge in [-0.15, -0.1) is 0 Å². The SMILES string of the molecule is CC(C)COc1ccc(C(C)NC(CO)C(C)C)cc1. The molecule has 0 aliphatic heterocycles. The first kappa shape index (κ1) is 17.0. The van der Waals surface area contributed by atoms with Gasteiger partial charge in [-0.3, -0.25) is 0 Å². The van der Waals surface area contributed by atoms with Gasteiger partial charge in [0, 0.05) is 12.1 Å². The average molecular weight is 279 g/mol. The van der Waals surface area contributed by atoms with Gasteiger partial charge in [-0.25, -0.2) is 0 Å². The van der Waals surface area contributed by atoms with Crippen molar-refractivity contribution in [3.63, 3.8) is 0 Å². The van der Waals surface area contributed by atoms with Crippen molar-refractivity contribution in [3.8, 4) is 5.75 Å². The van der Waals surface area contributed by atoms with Crippen molar-refractivity contribution in [1.82, 2.24) is 5.32 Å². The second-order valence-electron chi connectivity index (χ2n) is 6.20. The van der Waals surface area contributed by atoms with E-state index in [0.29, 0.717) is 11.8 Å². The van der Waals surface area contributed by atoms with E-state index in [-0.39, 0.29) is 18.7 Å². The standard InChI is InChI=1S/C17H29NO2/c1-12(2)11-20-16-8-6-15(7-9-16)14(5)18-17(10-19)13(3)4/h6-9,12-14,17-19H,10-11H2,1-5H3. The van der Waals surface area contributed by atoms with Gasteiger partial charge in [0.2, 0.25) is 0 Å². The van der Waals surface area contributed by atoms with E-state index < -0.39 is 0 Å². The predicted octanol–water partition coefficient (Wildman–Crippen LogP) is 3.39. The fourth-order valence-electron chi connectivity index (χ4n) is 1.99. The van der Waals surface area contributed by atoms with E-state index in [4.69, 9.17) is 4.74 Å². The van der Waals surface area contributed by atoms with Gasteiger partial charge in [-0.2, -0.15) is 0 Å². The summed E-state index contributed by atoms with van der Waals surface area (Å²) in [4.78, 5) is 0. The first-order chi connectivity index (χ1) is 9.43. The van der Waals surface area contributed by atoms with Gasteiger partial charge < -0.3 is 15.2 Å². The van der Waals surface area contributed by atoms with Crippen LogP contribution in [0.4, 0.5) is 0 Å². The van der Waals surface area contributed by atoms with Crippen LogP contribution in [0.2, 0.25) is 0 Å². The first-order valence-corrected chi connectivity index (χ1v) is 7.53. The summed E-state index contributed by atoms with van der Waals surface area (Å²) in [6.45, 7) is 11.5. The fourth-order valence-corrected chi connectivity index (χ4v) is 1.99. The zero-order valence-electron chi connectivity index (χ0n) is 13.4. The Morgan fingerprint density at radius 1 is 1.05 bits per heavy atom. The van der Waals surface area contributed by atoms with E-state index in [9.17, 15) is 5.11 Å². The zero-order valence-corrected chi connectivity index (χ0v) is 13.4. The molecular weight excluding hydrogens is 250 g/mol. The number of hydrogen-bond donors (Lipinski definition) is 2. The first-order valence-electron chi connectivity index (χ1n) is 7.53. The van der Waals surface area contributed by atoms with Crippen molar-refractivity contribution in [1.29, 1.82) is 0 Å². The van der Waals surface area contributed by atoms with Crippen molar-refractivity contribution in [3.05, 3.63) is 29.8 Å². The van der Waals surface area contributed by atoms with Gasteiger partial charge in [-0.1, -0.05) is 39.8 Å². The smallest absolute Gasteiger partial charge is 0.119 e. The lowest BCUT2D eigenvalue weighted by atomic mass is 10.0. The second-order valence-corrected chi connectivity index (χ2v) is 6.20. The van der Waals surface area contributed by atoms with E-state index in [1.807, 2.05) is 12.1 Å². The predicted molar refractivity (Wildman–Crippen MR) is 84.0 cm³/mol. The maximum Gasteiger partial charge on any atom is 0.119 e. The number of nitrogens with one attached hydrogen (secondary N) is 1. The highest BCUT2D eigenvalue weighted by molar-refractivity contribution is 5.29. The Balaban J connectivity index is 2.58. The van der Waals surface area contributed by atoms with Gasteiger partial charge in [0.15, 0.2) is 0 Å². The van der Waals surface area contributed by atoms with E-state index in [1.165, 1.54) is 5.56 Å². The van der Waals surface area contributed by atoms with Gasteiger partial charge in [0.05, 0.1) is 13.2 Å². The van der Waals surface area contributed by atoms with Crippen LogP contribution in [0, 0.1) is 11.8 Å². The van der Waals surface area contributed by atoms with Crippen LogP contribution in [0.1, 0.15) is 46.2 Å². The van der Waals surface area contributed by atoms with E-state index in [0.717, 1.165) is 12.4 Å². The fraction of sp³-hybridized carbons (Fsp3) is 0.647. The average Bonchev–Trinajstić information content (AvgIpc) is 2.42. The Labute approximate surface area is 123 Å².